The molecule has 4 atom stereocenters. The number of rotatable bonds is 15. The van der Waals surface area contributed by atoms with Gasteiger partial charge >= 0.3 is 11.9 Å². The van der Waals surface area contributed by atoms with Crippen LogP contribution in [0.2, 0.25) is 0 Å². The monoisotopic (exact) mass is 598 g/mol. The van der Waals surface area contributed by atoms with Gasteiger partial charge in [0.15, 0.2) is 6.10 Å². The molecule has 0 saturated carbocycles. The number of thiazole rings is 1. The molecule has 1 unspecified atom stereocenters. The Morgan fingerprint density at radius 2 is 1.95 bits per heavy atom. The van der Waals surface area contributed by atoms with Crippen molar-refractivity contribution in [3.8, 4) is 0 Å². The molecule has 1 fully saturated rings. The first-order valence-corrected chi connectivity index (χ1v) is 15.5. The molecule has 1 aromatic rings. The number of nitrogens with one attached hydrogen (secondary N) is 1. The van der Waals surface area contributed by atoms with Crippen molar-refractivity contribution in [3.63, 3.8) is 0 Å². The summed E-state index contributed by atoms with van der Waals surface area (Å²) in [6.07, 6.45) is 2.51. The van der Waals surface area contributed by atoms with E-state index in [4.69, 9.17) is 9.47 Å². The fraction of sp³-hybridized carbons (Fsp3) is 0.704. The Balaban J connectivity index is 2.20. The summed E-state index contributed by atoms with van der Waals surface area (Å²) < 4.78 is 10.8. The van der Waals surface area contributed by atoms with E-state index in [1.54, 1.807) is 31.3 Å². The molecular formula is C27H42N4O7S2. The number of amides is 2. The first kappa shape index (κ1) is 33.7. The second-order valence-corrected chi connectivity index (χ2v) is 12.3. The fourth-order valence-corrected chi connectivity index (χ4v) is 5.86. The lowest BCUT2D eigenvalue weighted by Crippen LogP contribution is -2.44. The standard InChI is InChI=1S/C27H42N4O7S2/c1-15(2)21(31(6)24(33)9-18-12-37-13-18)11-22(38-17(4)32)26-30-20(14-40-26)25(34)29-19(8-16(3)27(35)36)10-23(28-5)39-7/h14-16,18-19,21-22H,8-13H2,1-7H3,(H,29,34)(H,35,36)/b28-23-/t16-,19+,21?,22+/m0/s1. The van der Waals surface area contributed by atoms with Crippen LogP contribution in [0.25, 0.3) is 0 Å². The number of carboxylic acids is 1. The van der Waals surface area contributed by atoms with Crippen molar-refractivity contribution in [2.45, 2.75) is 71.6 Å². The smallest absolute Gasteiger partial charge is 0.306 e. The van der Waals surface area contributed by atoms with E-state index in [1.165, 1.54) is 30.0 Å². The van der Waals surface area contributed by atoms with Gasteiger partial charge in [-0.25, -0.2) is 4.98 Å². The number of hydrogen-bond donors (Lipinski definition) is 2. The number of ether oxygens (including phenoxy) is 2. The molecule has 224 valence electrons. The third-order valence-corrected chi connectivity index (χ3v) is 8.68. The van der Waals surface area contributed by atoms with Gasteiger partial charge in [0, 0.05) is 63.7 Å². The first-order valence-electron chi connectivity index (χ1n) is 13.3. The third kappa shape index (κ3) is 10.2. The molecular weight excluding hydrogens is 556 g/mol. The van der Waals surface area contributed by atoms with Crippen LogP contribution in [0.15, 0.2) is 10.4 Å². The van der Waals surface area contributed by atoms with E-state index in [9.17, 15) is 24.3 Å². The highest BCUT2D eigenvalue weighted by Crippen LogP contribution is 2.31. The molecule has 2 rings (SSSR count). The van der Waals surface area contributed by atoms with Crippen LogP contribution < -0.4 is 5.32 Å². The average Bonchev–Trinajstić information content (AvgIpc) is 3.36. The minimum Gasteiger partial charge on any atom is -0.481 e. The van der Waals surface area contributed by atoms with Crippen LogP contribution in [0.4, 0.5) is 0 Å². The second kappa shape index (κ2) is 16.1. The zero-order valence-corrected chi connectivity index (χ0v) is 26.0. The van der Waals surface area contributed by atoms with Gasteiger partial charge in [0.1, 0.15) is 10.7 Å². The minimum absolute atomic E-state index is 0.00893. The van der Waals surface area contributed by atoms with Crippen molar-refractivity contribution in [2.24, 2.45) is 22.7 Å². The second-order valence-electron chi connectivity index (χ2n) is 10.5. The van der Waals surface area contributed by atoms with E-state index >= 15 is 0 Å². The molecule has 0 radical (unpaired) electrons. The maximum Gasteiger partial charge on any atom is 0.306 e. The van der Waals surface area contributed by atoms with E-state index in [0.717, 1.165) is 5.04 Å². The molecule has 2 heterocycles. The molecule has 40 heavy (non-hydrogen) atoms. The van der Waals surface area contributed by atoms with Gasteiger partial charge in [0.2, 0.25) is 5.91 Å². The van der Waals surface area contributed by atoms with Crippen LogP contribution in [0.3, 0.4) is 0 Å². The molecule has 2 N–H and O–H groups in total. The molecule has 0 spiro atoms. The Bertz CT molecular complexity index is 1060. The lowest BCUT2D eigenvalue weighted by molar-refractivity contribution is -0.149. The van der Waals surface area contributed by atoms with E-state index in [-0.39, 0.29) is 35.9 Å². The number of esters is 1. The highest BCUT2D eigenvalue weighted by Gasteiger charge is 2.32. The van der Waals surface area contributed by atoms with Crippen LogP contribution in [-0.4, -0.2) is 89.4 Å². The van der Waals surface area contributed by atoms with Crippen LogP contribution in [0.5, 0.6) is 0 Å². The number of hydrogen-bond acceptors (Lipinski definition) is 10. The van der Waals surface area contributed by atoms with E-state index in [1.807, 2.05) is 20.1 Å². The zero-order valence-electron chi connectivity index (χ0n) is 24.3. The van der Waals surface area contributed by atoms with Crippen molar-refractivity contribution >= 4 is 51.9 Å². The molecule has 13 heteroatoms. The number of carboxylic acid groups (broad SMARTS) is 1. The van der Waals surface area contributed by atoms with Crippen molar-refractivity contribution in [2.75, 3.05) is 33.6 Å². The minimum atomic E-state index is -0.942. The topological polar surface area (TPSA) is 147 Å². The van der Waals surface area contributed by atoms with Crippen LogP contribution in [-0.2, 0) is 23.9 Å². The van der Waals surface area contributed by atoms with Crippen molar-refractivity contribution in [1.29, 1.82) is 0 Å². The fourth-order valence-electron chi connectivity index (χ4n) is 4.47. The molecule has 0 aromatic carbocycles. The lowest BCUT2D eigenvalue weighted by atomic mass is 9.95. The van der Waals surface area contributed by atoms with Crippen LogP contribution in [0.1, 0.15) is 75.0 Å². The number of carbonyl (C=O) groups excluding carboxylic acids is 3. The summed E-state index contributed by atoms with van der Waals surface area (Å²) in [5.74, 6) is -2.22. The van der Waals surface area contributed by atoms with E-state index in [2.05, 4.69) is 15.3 Å². The summed E-state index contributed by atoms with van der Waals surface area (Å²) in [6, 6.07) is -0.676. The quantitative estimate of drug-likeness (QED) is 0.175. The molecule has 0 aliphatic carbocycles. The molecule has 1 aromatic heterocycles. The van der Waals surface area contributed by atoms with Gasteiger partial charge in [0.25, 0.3) is 5.91 Å². The van der Waals surface area contributed by atoms with Crippen molar-refractivity contribution in [1.82, 2.24) is 15.2 Å². The van der Waals surface area contributed by atoms with E-state index < -0.39 is 35.9 Å². The maximum atomic E-state index is 13.2. The third-order valence-electron chi connectivity index (χ3n) is 6.93. The Labute approximate surface area is 244 Å². The molecule has 0 bridgehead atoms. The molecule has 2 amide bonds. The summed E-state index contributed by atoms with van der Waals surface area (Å²) >= 11 is 2.65. The summed E-state index contributed by atoms with van der Waals surface area (Å²) in [5, 5.41) is 15.1. The van der Waals surface area contributed by atoms with Gasteiger partial charge in [-0.3, -0.25) is 24.2 Å². The Morgan fingerprint density at radius 3 is 2.45 bits per heavy atom. The zero-order chi connectivity index (χ0) is 30.0. The van der Waals surface area contributed by atoms with Gasteiger partial charge in [-0.2, -0.15) is 0 Å². The predicted octanol–water partition coefficient (Wildman–Crippen LogP) is 3.65. The first-order chi connectivity index (χ1) is 18.9. The maximum absolute atomic E-state index is 13.2. The normalized spacial score (nSPS) is 16.9. The molecule has 1 aliphatic rings. The summed E-state index contributed by atoms with van der Waals surface area (Å²) in [6.45, 7) is 8.11. The predicted molar refractivity (Wildman–Crippen MR) is 156 cm³/mol. The summed E-state index contributed by atoms with van der Waals surface area (Å²) in [5.41, 5.74) is 0.153. The molecule has 1 aliphatic heterocycles. The van der Waals surface area contributed by atoms with Gasteiger partial charge in [-0.1, -0.05) is 20.8 Å². The van der Waals surface area contributed by atoms with Gasteiger partial charge in [-0.15, -0.1) is 23.1 Å². The average molecular weight is 599 g/mol. The SMILES string of the molecule is C/N=C(/C[C@@H](C[C@H](C)C(=O)O)NC(=O)c1csc([C@@H](CC(C(C)C)N(C)C(=O)CC2COC2)OC(C)=O)n1)SC. The largest absolute Gasteiger partial charge is 0.481 e. The highest BCUT2D eigenvalue weighted by atomic mass is 32.2. The van der Waals surface area contributed by atoms with Gasteiger partial charge in [-0.05, 0) is 18.6 Å². The number of nitrogens with zero attached hydrogens (tertiary/aromatic N) is 3. The Hall–Kier alpha value is -2.51. The summed E-state index contributed by atoms with van der Waals surface area (Å²) in [7, 11) is 3.42. The van der Waals surface area contributed by atoms with E-state index in [0.29, 0.717) is 37.5 Å². The van der Waals surface area contributed by atoms with Crippen LogP contribution >= 0.6 is 23.1 Å². The molecule has 1 saturated heterocycles. The number of thioether (sulfide) groups is 1. The van der Waals surface area contributed by atoms with Crippen molar-refractivity contribution < 1.29 is 33.8 Å². The van der Waals surface area contributed by atoms with Crippen molar-refractivity contribution in [3.05, 3.63) is 16.1 Å². The highest BCUT2D eigenvalue weighted by molar-refractivity contribution is 8.13. The number of carbonyl (C=O) groups is 4. The van der Waals surface area contributed by atoms with Crippen LogP contribution in [0, 0.1) is 17.8 Å². The lowest BCUT2D eigenvalue weighted by Gasteiger charge is -2.35. The summed E-state index contributed by atoms with van der Waals surface area (Å²) in [4.78, 5) is 59.9. The number of aromatic nitrogens is 1. The number of aliphatic imine (C=N–C) groups is 1. The number of aliphatic carboxylic acids is 1. The molecule has 11 nitrogen and oxygen atoms in total. The Morgan fingerprint density at radius 1 is 1.27 bits per heavy atom. The van der Waals surface area contributed by atoms with Gasteiger partial charge < -0.3 is 24.8 Å². The Kier molecular flexibility index (Phi) is 13.5. The van der Waals surface area contributed by atoms with Gasteiger partial charge in [0.05, 0.1) is 24.2 Å².